The van der Waals surface area contributed by atoms with Crippen LogP contribution in [-0.4, -0.2) is 49.6 Å². The van der Waals surface area contributed by atoms with Gasteiger partial charge < -0.3 is 19.3 Å². The van der Waals surface area contributed by atoms with E-state index in [1.807, 2.05) is 32.0 Å². The van der Waals surface area contributed by atoms with Gasteiger partial charge in [-0.1, -0.05) is 13.0 Å². The zero-order chi connectivity index (χ0) is 23.9. The molecule has 1 aliphatic heterocycles. The van der Waals surface area contributed by atoms with Crippen LogP contribution in [-0.2, 0) is 20.6 Å². The zero-order valence-corrected chi connectivity index (χ0v) is 20.0. The van der Waals surface area contributed by atoms with E-state index < -0.39 is 17.4 Å². The minimum Gasteiger partial charge on any atom is -0.491 e. The smallest absolute Gasteiger partial charge is 0.332 e. The number of fused-ring (bicyclic) bond motifs is 1. The van der Waals surface area contributed by atoms with Gasteiger partial charge in [0.1, 0.15) is 18.5 Å². The number of piperidine rings is 1. The van der Waals surface area contributed by atoms with Gasteiger partial charge in [0, 0.05) is 27.2 Å². The molecule has 0 spiro atoms. The maximum absolute atomic E-state index is 13.1. The molecule has 33 heavy (non-hydrogen) atoms. The lowest BCUT2D eigenvalue weighted by atomic mass is 10.00. The second-order valence-corrected chi connectivity index (χ2v) is 9.28. The van der Waals surface area contributed by atoms with E-state index in [-0.39, 0.29) is 13.2 Å². The Labute approximate surface area is 192 Å². The fourth-order valence-corrected chi connectivity index (χ4v) is 4.32. The Bertz CT molecular complexity index is 1280. The van der Waals surface area contributed by atoms with Crippen LogP contribution in [0, 0.1) is 19.8 Å². The van der Waals surface area contributed by atoms with Crippen LogP contribution in [0.3, 0.4) is 0 Å². The second kappa shape index (κ2) is 9.05. The molecule has 1 fully saturated rings. The van der Waals surface area contributed by atoms with Crippen LogP contribution >= 0.6 is 0 Å². The molecule has 0 saturated carbocycles. The Morgan fingerprint density at radius 1 is 1.12 bits per heavy atom. The minimum atomic E-state index is -0.867. The van der Waals surface area contributed by atoms with Gasteiger partial charge in [-0.05, 0) is 55.9 Å². The highest BCUT2D eigenvalue weighted by molar-refractivity contribution is 5.74. The molecule has 1 aromatic carbocycles. The van der Waals surface area contributed by atoms with E-state index in [1.165, 1.54) is 17.2 Å². The summed E-state index contributed by atoms with van der Waals surface area (Å²) in [6.45, 7) is 8.12. The van der Waals surface area contributed by atoms with Crippen LogP contribution in [0.15, 0.2) is 27.8 Å². The number of ether oxygens (including phenoxy) is 1. The van der Waals surface area contributed by atoms with Crippen LogP contribution in [0.25, 0.3) is 11.2 Å². The van der Waals surface area contributed by atoms with Crippen LogP contribution < -0.4 is 20.9 Å². The number of imidazole rings is 1. The Morgan fingerprint density at radius 2 is 1.82 bits per heavy atom. The number of hydrogen-bond donors (Lipinski definition) is 1. The summed E-state index contributed by atoms with van der Waals surface area (Å²) in [6, 6.07) is 5.81. The van der Waals surface area contributed by atoms with E-state index in [1.54, 1.807) is 11.6 Å². The molecule has 1 saturated heterocycles. The molecule has 3 aromatic rings. The number of nitrogens with zero attached hydrogens (tertiary/aromatic N) is 5. The van der Waals surface area contributed by atoms with Crippen molar-refractivity contribution in [1.82, 2.24) is 18.7 Å². The maximum atomic E-state index is 13.1. The van der Waals surface area contributed by atoms with Crippen molar-refractivity contribution >= 4 is 17.1 Å². The number of aliphatic hydroxyl groups excluding tert-OH is 1. The Balaban J connectivity index is 1.68. The van der Waals surface area contributed by atoms with Crippen molar-refractivity contribution in [2.45, 2.75) is 46.3 Å². The van der Waals surface area contributed by atoms with Crippen molar-refractivity contribution in [2.24, 2.45) is 20.0 Å². The summed E-state index contributed by atoms with van der Waals surface area (Å²) in [5.74, 6) is 1.94. The third-order valence-corrected chi connectivity index (χ3v) is 6.71. The predicted molar refractivity (Wildman–Crippen MR) is 128 cm³/mol. The molecular formula is C24H33N5O4. The third-order valence-electron chi connectivity index (χ3n) is 6.71. The lowest BCUT2D eigenvalue weighted by molar-refractivity contribution is 0.0935. The second-order valence-electron chi connectivity index (χ2n) is 9.28. The van der Waals surface area contributed by atoms with Gasteiger partial charge in [-0.25, -0.2) is 4.79 Å². The summed E-state index contributed by atoms with van der Waals surface area (Å²) >= 11 is 0. The van der Waals surface area contributed by atoms with Gasteiger partial charge in [0.05, 0.1) is 6.54 Å². The quantitative estimate of drug-likeness (QED) is 0.608. The highest BCUT2D eigenvalue weighted by Crippen LogP contribution is 2.25. The van der Waals surface area contributed by atoms with Crippen LogP contribution in [0.5, 0.6) is 5.75 Å². The molecule has 4 rings (SSSR count). The van der Waals surface area contributed by atoms with Gasteiger partial charge in [-0.3, -0.25) is 13.9 Å². The molecule has 0 aliphatic carbocycles. The summed E-state index contributed by atoms with van der Waals surface area (Å²) in [5, 5.41) is 10.8. The molecule has 1 unspecified atom stereocenters. The number of hydrogen-bond acceptors (Lipinski definition) is 6. The van der Waals surface area contributed by atoms with Crippen molar-refractivity contribution in [1.29, 1.82) is 0 Å². The first-order valence-corrected chi connectivity index (χ1v) is 11.5. The molecule has 1 atom stereocenters. The van der Waals surface area contributed by atoms with Crippen molar-refractivity contribution < 1.29 is 9.84 Å². The standard InChI is InChI=1S/C24H33N5O4/c1-15-8-10-28(11-9-15)23-25-21-20(22(31)27(5)24(32)26(21)4)29(23)13-18(30)14-33-19-7-6-16(2)17(3)12-19/h6-7,12,15,18,30H,8-11,13-14H2,1-5H3. The molecule has 0 amide bonds. The highest BCUT2D eigenvalue weighted by atomic mass is 16.5. The van der Waals surface area contributed by atoms with E-state index in [4.69, 9.17) is 9.72 Å². The van der Waals surface area contributed by atoms with Crippen molar-refractivity contribution in [3.8, 4) is 5.75 Å². The van der Waals surface area contributed by atoms with Crippen LogP contribution in [0.1, 0.15) is 30.9 Å². The molecule has 0 radical (unpaired) electrons. The first kappa shape index (κ1) is 23.1. The largest absolute Gasteiger partial charge is 0.491 e. The predicted octanol–water partition coefficient (Wildman–Crippen LogP) is 1.73. The average molecular weight is 456 g/mol. The number of aliphatic hydroxyl groups is 1. The normalized spacial score (nSPS) is 15.9. The molecule has 0 bridgehead atoms. The van der Waals surface area contributed by atoms with Crippen molar-refractivity contribution in [3.63, 3.8) is 0 Å². The molecular weight excluding hydrogens is 422 g/mol. The molecule has 178 valence electrons. The Hall–Kier alpha value is -3.07. The number of aryl methyl sites for hydroxylation is 3. The lowest BCUT2D eigenvalue weighted by Gasteiger charge is -2.31. The van der Waals surface area contributed by atoms with E-state index in [0.29, 0.717) is 28.8 Å². The SMILES string of the molecule is Cc1ccc(OCC(O)Cn2c(N3CCC(C)CC3)nc3c2c(=O)n(C)c(=O)n3C)cc1C. The van der Waals surface area contributed by atoms with E-state index in [2.05, 4.69) is 11.8 Å². The van der Waals surface area contributed by atoms with Crippen molar-refractivity contribution in [2.75, 3.05) is 24.6 Å². The van der Waals surface area contributed by atoms with Gasteiger partial charge in [0.15, 0.2) is 11.2 Å². The number of rotatable bonds is 6. The lowest BCUT2D eigenvalue weighted by Crippen LogP contribution is -2.38. The molecule has 1 N–H and O–H groups in total. The fourth-order valence-electron chi connectivity index (χ4n) is 4.32. The third kappa shape index (κ3) is 4.42. The van der Waals surface area contributed by atoms with Gasteiger partial charge in [-0.2, -0.15) is 4.98 Å². The summed E-state index contributed by atoms with van der Waals surface area (Å²) in [7, 11) is 3.08. The average Bonchev–Trinajstić information content (AvgIpc) is 3.16. The molecule has 3 heterocycles. The summed E-state index contributed by atoms with van der Waals surface area (Å²) < 4.78 is 10.1. The van der Waals surface area contributed by atoms with Crippen molar-refractivity contribution in [3.05, 3.63) is 50.2 Å². The van der Waals surface area contributed by atoms with Crippen LogP contribution in [0.4, 0.5) is 5.95 Å². The first-order valence-electron chi connectivity index (χ1n) is 11.5. The van der Waals surface area contributed by atoms with Gasteiger partial charge >= 0.3 is 5.69 Å². The Morgan fingerprint density at radius 3 is 2.48 bits per heavy atom. The van der Waals surface area contributed by atoms with E-state index in [0.717, 1.165) is 36.1 Å². The summed E-state index contributed by atoms with van der Waals surface area (Å²) in [4.78, 5) is 32.4. The maximum Gasteiger partial charge on any atom is 0.332 e. The Kier molecular flexibility index (Phi) is 6.34. The van der Waals surface area contributed by atoms with Gasteiger partial charge in [0.25, 0.3) is 5.56 Å². The number of benzene rings is 1. The number of anilines is 1. The fraction of sp³-hybridized carbons (Fsp3) is 0.542. The summed E-state index contributed by atoms with van der Waals surface area (Å²) in [5.41, 5.74) is 2.11. The van der Waals surface area contributed by atoms with Crippen LogP contribution in [0.2, 0.25) is 0 Å². The zero-order valence-electron chi connectivity index (χ0n) is 20.0. The van der Waals surface area contributed by atoms with Gasteiger partial charge in [-0.15, -0.1) is 0 Å². The number of aromatic nitrogens is 4. The molecule has 2 aromatic heterocycles. The topological polar surface area (TPSA) is 94.5 Å². The van der Waals surface area contributed by atoms with Gasteiger partial charge in [0.2, 0.25) is 5.95 Å². The molecule has 9 heteroatoms. The van der Waals surface area contributed by atoms with E-state index >= 15 is 0 Å². The highest BCUT2D eigenvalue weighted by Gasteiger charge is 2.26. The minimum absolute atomic E-state index is 0.0741. The van der Waals surface area contributed by atoms with E-state index in [9.17, 15) is 14.7 Å². The summed E-state index contributed by atoms with van der Waals surface area (Å²) in [6.07, 6.45) is 1.19. The first-order chi connectivity index (χ1) is 15.7. The monoisotopic (exact) mass is 455 g/mol. The molecule has 9 nitrogen and oxygen atoms in total. The molecule has 1 aliphatic rings.